The molecule has 3 rings (SSSR count). The van der Waals surface area contributed by atoms with E-state index in [1.807, 2.05) is 0 Å². The maximum absolute atomic E-state index is 5.78. The highest BCUT2D eigenvalue weighted by molar-refractivity contribution is 5.22. The van der Waals surface area contributed by atoms with Gasteiger partial charge in [-0.1, -0.05) is 24.3 Å². The minimum Gasteiger partial charge on any atom is -0.374 e. The first-order valence-corrected chi connectivity index (χ1v) is 8.08. The Morgan fingerprint density at radius 1 is 0.909 bits per heavy atom. The third-order valence-corrected chi connectivity index (χ3v) is 4.51. The predicted octanol–water partition coefficient (Wildman–Crippen LogP) is 3.08. The first-order chi connectivity index (χ1) is 10.6. The molecule has 0 amide bonds. The Bertz CT molecular complexity index is 450. The quantitative estimate of drug-likeness (QED) is 0.739. The molecule has 1 aromatic carbocycles. The monoisotopic (exact) mass is 306 g/mol. The van der Waals surface area contributed by atoms with Crippen molar-refractivity contribution in [2.24, 2.45) is 0 Å². The molecule has 0 radical (unpaired) electrons. The van der Waals surface area contributed by atoms with Gasteiger partial charge in [0.05, 0.1) is 50.8 Å². The summed E-state index contributed by atoms with van der Waals surface area (Å²) < 4.78 is 22.6. The van der Waals surface area contributed by atoms with Gasteiger partial charge < -0.3 is 18.9 Å². The first kappa shape index (κ1) is 15.9. The maximum atomic E-state index is 5.78. The van der Waals surface area contributed by atoms with Crippen LogP contribution in [0.2, 0.25) is 0 Å². The SMILES string of the molecule is CC1(COCc2cccc(COCC3(C)CCO3)c2)CCO1. The van der Waals surface area contributed by atoms with E-state index in [2.05, 4.69) is 38.1 Å². The molecule has 0 bridgehead atoms. The molecule has 2 fully saturated rings. The van der Waals surface area contributed by atoms with Gasteiger partial charge in [-0.05, 0) is 25.0 Å². The lowest BCUT2D eigenvalue weighted by molar-refractivity contribution is -0.171. The molecule has 0 N–H and O–H groups in total. The minimum absolute atomic E-state index is 0.0705. The van der Waals surface area contributed by atoms with E-state index in [0.717, 1.165) is 26.1 Å². The lowest BCUT2D eigenvalue weighted by Crippen LogP contribution is -2.44. The fraction of sp³-hybridized carbons (Fsp3) is 0.667. The van der Waals surface area contributed by atoms with Crippen LogP contribution < -0.4 is 0 Å². The van der Waals surface area contributed by atoms with E-state index in [1.165, 1.54) is 11.1 Å². The van der Waals surface area contributed by atoms with Crippen LogP contribution in [0, 0.1) is 0 Å². The van der Waals surface area contributed by atoms with Gasteiger partial charge in [-0.2, -0.15) is 0 Å². The van der Waals surface area contributed by atoms with Gasteiger partial charge in [0.1, 0.15) is 0 Å². The molecule has 2 atom stereocenters. The van der Waals surface area contributed by atoms with E-state index >= 15 is 0 Å². The molecule has 0 aromatic heterocycles. The third-order valence-electron chi connectivity index (χ3n) is 4.51. The number of ether oxygens (including phenoxy) is 4. The molecule has 122 valence electrons. The third kappa shape index (κ3) is 4.07. The van der Waals surface area contributed by atoms with Crippen molar-refractivity contribution in [1.82, 2.24) is 0 Å². The van der Waals surface area contributed by atoms with Crippen LogP contribution in [-0.2, 0) is 32.2 Å². The van der Waals surface area contributed by atoms with Crippen molar-refractivity contribution < 1.29 is 18.9 Å². The van der Waals surface area contributed by atoms with Crippen LogP contribution in [-0.4, -0.2) is 37.6 Å². The second-order valence-corrected chi connectivity index (χ2v) is 6.90. The topological polar surface area (TPSA) is 36.9 Å². The average molecular weight is 306 g/mol. The summed E-state index contributed by atoms with van der Waals surface area (Å²) in [5, 5.41) is 0. The first-order valence-electron chi connectivity index (χ1n) is 8.08. The van der Waals surface area contributed by atoms with Crippen molar-refractivity contribution in [1.29, 1.82) is 0 Å². The van der Waals surface area contributed by atoms with Crippen molar-refractivity contribution in [2.45, 2.75) is 51.1 Å². The summed E-state index contributed by atoms with van der Waals surface area (Å²) in [5.41, 5.74) is 2.21. The summed E-state index contributed by atoms with van der Waals surface area (Å²) >= 11 is 0. The summed E-state index contributed by atoms with van der Waals surface area (Å²) in [5.74, 6) is 0. The summed E-state index contributed by atoms with van der Waals surface area (Å²) in [7, 11) is 0. The molecule has 22 heavy (non-hydrogen) atoms. The van der Waals surface area contributed by atoms with Crippen molar-refractivity contribution in [2.75, 3.05) is 26.4 Å². The van der Waals surface area contributed by atoms with E-state index in [-0.39, 0.29) is 11.2 Å². The maximum Gasteiger partial charge on any atom is 0.0908 e. The smallest absolute Gasteiger partial charge is 0.0908 e. The Kier molecular flexibility index (Phi) is 4.83. The van der Waals surface area contributed by atoms with Gasteiger partial charge in [-0.15, -0.1) is 0 Å². The molecule has 0 spiro atoms. The fourth-order valence-electron chi connectivity index (χ4n) is 2.71. The van der Waals surface area contributed by atoms with E-state index in [4.69, 9.17) is 18.9 Å². The molecule has 0 saturated carbocycles. The largest absolute Gasteiger partial charge is 0.374 e. The van der Waals surface area contributed by atoms with Crippen molar-refractivity contribution in [3.63, 3.8) is 0 Å². The molecule has 1 aromatic rings. The van der Waals surface area contributed by atoms with Gasteiger partial charge in [-0.3, -0.25) is 0 Å². The molecule has 2 saturated heterocycles. The Morgan fingerprint density at radius 2 is 1.36 bits per heavy atom. The fourth-order valence-corrected chi connectivity index (χ4v) is 2.71. The summed E-state index contributed by atoms with van der Waals surface area (Å²) in [6, 6.07) is 8.38. The second kappa shape index (κ2) is 6.67. The van der Waals surface area contributed by atoms with Crippen LogP contribution in [0.5, 0.6) is 0 Å². The Balaban J connectivity index is 1.41. The molecule has 2 heterocycles. The van der Waals surface area contributed by atoms with E-state index < -0.39 is 0 Å². The molecular weight excluding hydrogens is 280 g/mol. The number of hydrogen-bond acceptors (Lipinski definition) is 4. The second-order valence-electron chi connectivity index (χ2n) is 6.90. The lowest BCUT2D eigenvalue weighted by Gasteiger charge is -2.38. The van der Waals surface area contributed by atoms with Crippen LogP contribution in [0.15, 0.2) is 24.3 Å². The normalized spacial score (nSPS) is 30.6. The summed E-state index contributed by atoms with van der Waals surface area (Å²) in [4.78, 5) is 0. The number of rotatable bonds is 8. The average Bonchev–Trinajstić information content (AvgIpc) is 2.44. The van der Waals surface area contributed by atoms with E-state index in [1.54, 1.807) is 0 Å². The molecule has 2 aliphatic rings. The summed E-state index contributed by atoms with van der Waals surface area (Å²) in [6.07, 6.45) is 2.17. The van der Waals surface area contributed by atoms with Crippen LogP contribution in [0.1, 0.15) is 37.8 Å². The zero-order chi connectivity index (χ0) is 15.5. The molecule has 0 aliphatic carbocycles. The zero-order valence-corrected chi connectivity index (χ0v) is 13.6. The van der Waals surface area contributed by atoms with Crippen LogP contribution in [0.3, 0.4) is 0 Å². The highest BCUT2D eigenvalue weighted by Crippen LogP contribution is 2.27. The van der Waals surface area contributed by atoms with Crippen LogP contribution in [0.4, 0.5) is 0 Å². The Labute approximate surface area is 132 Å². The number of hydrogen-bond donors (Lipinski definition) is 0. The van der Waals surface area contributed by atoms with Crippen LogP contribution >= 0.6 is 0 Å². The highest BCUT2D eigenvalue weighted by Gasteiger charge is 2.33. The summed E-state index contributed by atoms with van der Waals surface area (Å²) in [6.45, 7) is 8.46. The molecule has 4 heteroatoms. The van der Waals surface area contributed by atoms with Gasteiger partial charge in [0, 0.05) is 12.8 Å². The van der Waals surface area contributed by atoms with Crippen molar-refractivity contribution in [3.05, 3.63) is 35.4 Å². The van der Waals surface area contributed by atoms with Crippen LogP contribution in [0.25, 0.3) is 0 Å². The van der Waals surface area contributed by atoms with E-state index in [9.17, 15) is 0 Å². The minimum atomic E-state index is -0.0705. The van der Waals surface area contributed by atoms with Gasteiger partial charge in [0.25, 0.3) is 0 Å². The molecule has 2 unspecified atom stereocenters. The lowest BCUT2D eigenvalue weighted by atomic mass is 9.99. The number of benzene rings is 1. The van der Waals surface area contributed by atoms with Gasteiger partial charge in [0.15, 0.2) is 0 Å². The Morgan fingerprint density at radius 3 is 1.73 bits per heavy atom. The molecular formula is C18H26O4. The van der Waals surface area contributed by atoms with Gasteiger partial charge in [0.2, 0.25) is 0 Å². The Hall–Kier alpha value is -0.940. The van der Waals surface area contributed by atoms with Crippen molar-refractivity contribution in [3.8, 4) is 0 Å². The predicted molar refractivity (Wildman–Crippen MR) is 83.7 cm³/mol. The molecule has 4 nitrogen and oxygen atoms in total. The zero-order valence-electron chi connectivity index (χ0n) is 13.6. The standard InChI is InChI=1S/C18H26O4/c1-17(6-8-21-17)13-19-11-15-4-3-5-16(10-15)12-20-14-18(2)7-9-22-18/h3-5,10H,6-9,11-14H2,1-2H3. The molecule has 2 aliphatic heterocycles. The van der Waals surface area contributed by atoms with Gasteiger partial charge >= 0.3 is 0 Å². The van der Waals surface area contributed by atoms with E-state index in [0.29, 0.717) is 26.4 Å². The van der Waals surface area contributed by atoms with Gasteiger partial charge in [-0.25, -0.2) is 0 Å². The van der Waals surface area contributed by atoms with Crippen molar-refractivity contribution >= 4 is 0 Å². The highest BCUT2D eigenvalue weighted by atomic mass is 16.6.